The first-order valence-electron chi connectivity index (χ1n) is 6.49. The van der Waals surface area contributed by atoms with Gasteiger partial charge in [-0.05, 0) is 49.9 Å². The van der Waals surface area contributed by atoms with Crippen molar-refractivity contribution in [2.24, 2.45) is 16.7 Å². The molecule has 16 heavy (non-hydrogen) atoms. The van der Waals surface area contributed by atoms with Gasteiger partial charge in [0.2, 0.25) is 0 Å². The van der Waals surface area contributed by atoms with Gasteiger partial charge in [0.05, 0.1) is 5.41 Å². The monoisotopic (exact) mass is 226 g/mol. The summed E-state index contributed by atoms with van der Waals surface area (Å²) < 4.78 is 0. The number of hydrogen-bond donors (Lipinski definition) is 1. The molecule has 0 bridgehead atoms. The van der Waals surface area contributed by atoms with Crippen molar-refractivity contribution in [3.05, 3.63) is 0 Å². The van der Waals surface area contributed by atoms with E-state index in [-0.39, 0.29) is 5.41 Å². The minimum Gasteiger partial charge on any atom is -0.481 e. The molecule has 1 fully saturated rings. The Hall–Kier alpha value is -0.530. The highest BCUT2D eigenvalue weighted by Gasteiger charge is 2.41. The molecule has 0 aromatic heterocycles. The van der Waals surface area contributed by atoms with Gasteiger partial charge in [-0.2, -0.15) is 0 Å². The molecule has 1 aliphatic rings. The number of hydrogen-bond acceptors (Lipinski definition) is 1. The van der Waals surface area contributed by atoms with Crippen molar-refractivity contribution in [2.75, 3.05) is 0 Å². The molecule has 0 aromatic rings. The zero-order valence-electron chi connectivity index (χ0n) is 11.2. The Kier molecular flexibility index (Phi) is 4.03. The van der Waals surface area contributed by atoms with Crippen LogP contribution in [-0.4, -0.2) is 11.1 Å². The average Bonchev–Trinajstić information content (AvgIpc) is 2.16. The van der Waals surface area contributed by atoms with Crippen molar-refractivity contribution in [3.8, 4) is 0 Å². The first kappa shape index (κ1) is 13.5. The van der Waals surface area contributed by atoms with Crippen LogP contribution in [0.1, 0.15) is 66.2 Å². The van der Waals surface area contributed by atoms with Crippen molar-refractivity contribution in [1.82, 2.24) is 0 Å². The molecular formula is C14H26O2. The Morgan fingerprint density at radius 2 is 1.81 bits per heavy atom. The molecule has 0 unspecified atom stereocenters. The van der Waals surface area contributed by atoms with Crippen molar-refractivity contribution < 1.29 is 9.90 Å². The fourth-order valence-corrected chi connectivity index (χ4v) is 2.50. The van der Waals surface area contributed by atoms with E-state index in [2.05, 4.69) is 27.7 Å². The van der Waals surface area contributed by atoms with Crippen LogP contribution in [0.2, 0.25) is 0 Å². The molecule has 0 aliphatic heterocycles. The summed E-state index contributed by atoms with van der Waals surface area (Å²) in [5.74, 6) is 0.144. The van der Waals surface area contributed by atoms with E-state index in [0.717, 1.165) is 38.5 Å². The molecule has 0 heterocycles. The van der Waals surface area contributed by atoms with E-state index in [1.807, 2.05) is 0 Å². The summed E-state index contributed by atoms with van der Waals surface area (Å²) in [7, 11) is 0. The fraction of sp³-hybridized carbons (Fsp3) is 0.929. The topological polar surface area (TPSA) is 37.3 Å². The van der Waals surface area contributed by atoms with Gasteiger partial charge in [0.1, 0.15) is 0 Å². The van der Waals surface area contributed by atoms with Crippen LogP contribution in [0.15, 0.2) is 0 Å². The lowest BCUT2D eigenvalue weighted by Crippen LogP contribution is -2.36. The molecule has 2 nitrogen and oxygen atoms in total. The lowest BCUT2D eigenvalue weighted by Gasteiger charge is -2.37. The number of rotatable bonds is 3. The highest BCUT2D eigenvalue weighted by molar-refractivity contribution is 5.74. The molecule has 2 heteroatoms. The summed E-state index contributed by atoms with van der Waals surface area (Å²) in [6.07, 6.45) is 5.76. The van der Waals surface area contributed by atoms with Gasteiger partial charge in [0, 0.05) is 0 Å². The van der Waals surface area contributed by atoms with Gasteiger partial charge in [0.15, 0.2) is 0 Å². The third kappa shape index (κ3) is 3.50. The van der Waals surface area contributed by atoms with E-state index in [1.54, 1.807) is 0 Å². The number of carboxylic acid groups (broad SMARTS) is 1. The lowest BCUT2D eigenvalue weighted by molar-refractivity contribution is -0.152. The lowest BCUT2D eigenvalue weighted by atomic mass is 9.66. The van der Waals surface area contributed by atoms with Crippen LogP contribution < -0.4 is 0 Å². The van der Waals surface area contributed by atoms with Gasteiger partial charge in [-0.25, -0.2) is 0 Å². The van der Waals surface area contributed by atoms with Crippen LogP contribution in [0.3, 0.4) is 0 Å². The second kappa shape index (κ2) is 4.77. The molecule has 0 atom stereocenters. The third-order valence-corrected chi connectivity index (χ3v) is 4.04. The average molecular weight is 226 g/mol. The number of carbonyl (C=O) groups is 1. The van der Waals surface area contributed by atoms with Crippen LogP contribution in [0.5, 0.6) is 0 Å². The van der Waals surface area contributed by atoms with Gasteiger partial charge < -0.3 is 5.11 Å². The molecule has 0 spiro atoms. The van der Waals surface area contributed by atoms with Crippen LogP contribution >= 0.6 is 0 Å². The van der Waals surface area contributed by atoms with Gasteiger partial charge >= 0.3 is 5.97 Å². The van der Waals surface area contributed by atoms with E-state index in [1.165, 1.54) is 0 Å². The van der Waals surface area contributed by atoms with Gasteiger partial charge in [-0.15, -0.1) is 0 Å². The molecule has 1 rings (SSSR count). The molecule has 0 amide bonds. The van der Waals surface area contributed by atoms with Gasteiger partial charge in [-0.1, -0.05) is 27.7 Å². The summed E-state index contributed by atoms with van der Waals surface area (Å²) >= 11 is 0. The zero-order valence-corrected chi connectivity index (χ0v) is 11.2. The molecule has 1 N–H and O–H groups in total. The van der Waals surface area contributed by atoms with Gasteiger partial charge in [-0.3, -0.25) is 4.79 Å². The maximum absolute atomic E-state index is 11.5. The van der Waals surface area contributed by atoms with E-state index in [4.69, 9.17) is 0 Å². The second-order valence-corrected chi connectivity index (χ2v) is 6.83. The van der Waals surface area contributed by atoms with Crippen LogP contribution in [0.25, 0.3) is 0 Å². The normalized spacial score (nSPS) is 31.4. The number of aliphatic carboxylic acids is 1. The maximum atomic E-state index is 11.5. The van der Waals surface area contributed by atoms with Crippen LogP contribution in [0, 0.1) is 16.7 Å². The molecule has 0 saturated heterocycles. The fourth-order valence-electron chi connectivity index (χ4n) is 2.50. The van der Waals surface area contributed by atoms with Crippen molar-refractivity contribution >= 4 is 5.97 Å². The SMILES string of the molecule is CC1CCC(CCC(C)(C)C)(C(=O)O)CC1. The predicted molar refractivity (Wildman–Crippen MR) is 66.4 cm³/mol. The summed E-state index contributed by atoms with van der Waals surface area (Å²) in [6.45, 7) is 8.80. The van der Waals surface area contributed by atoms with Crippen molar-refractivity contribution in [1.29, 1.82) is 0 Å². The minimum absolute atomic E-state index is 0.242. The van der Waals surface area contributed by atoms with Crippen molar-refractivity contribution in [3.63, 3.8) is 0 Å². The molecule has 94 valence electrons. The molecule has 0 radical (unpaired) electrons. The third-order valence-electron chi connectivity index (χ3n) is 4.04. The summed E-state index contributed by atoms with van der Waals surface area (Å²) in [4.78, 5) is 11.5. The largest absolute Gasteiger partial charge is 0.481 e. The van der Waals surface area contributed by atoms with Gasteiger partial charge in [0.25, 0.3) is 0 Å². The Morgan fingerprint density at radius 3 is 2.19 bits per heavy atom. The Balaban J connectivity index is 2.64. The Morgan fingerprint density at radius 1 is 1.31 bits per heavy atom. The van der Waals surface area contributed by atoms with E-state index in [9.17, 15) is 9.90 Å². The highest BCUT2D eigenvalue weighted by Crippen LogP contribution is 2.44. The standard InChI is InChI=1S/C14H26O2/c1-11-5-7-14(8-6-11,12(15)16)10-9-13(2,3)4/h11H,5-10H2,1-4H3,(H,15,16). The molecule has 1 saturated carbocycles. The first-order valence-corrected chi connectivity index (χ1v) is 6.49. The smallest absolute Gasteiger partial charge is 0.309 e. The first-order chi connectivity index (χ1) is 7.25. The van der Waals surface area contributed by atoms with Crippen molar-refractivity contribution in [2.45, 2.75) is 66.2 Å². The quantitative estimate of drug-likeness (QED) is 0.786. The van der Waals surface area contributed by atoms with E-state index in [0.29, 0.717) is 5.92 Å². The maximum Gasteiger partial charge on any atom is 0.309 e. The zero-order chi connectivity index (χ0) is 12.4. The Bertz CT molecular complexity index is 242. The van der Waals surface area contributed by atoms with Crippen LogP contribution in [-0.2, 0) is 4.79 Å². The highest BCUT2D eigenvalue weighted by atomic mass is 16.4. The summed E-state index contributed by atoms with van der Waals surface area (Å²) in [5, 5.41) is 9.47. The van der Waals surface area contributed by atoms with Crippen LogP contribution in [0.4, 0.5) is 0 Å². The second-order valence-electron chi connectivity index (χ2n) is 6.83. The van der Waals surface area contributed by atoms with E-state index < -0.39 is 11.4 Å². The minimum atomic E-state index is -0.566. The molecular weight excluding hydrogens is 200 g/mol. The Labute approximate surface area is 99.4 Å². The molecule has 1 aliphatic carbocycles. The number of carboxylic acids is 1. The van der Waals surface area contributed by atoms with E-state index >= 15 is 0 Å². The summed E-state index contributed by atoms with van der Waals surface area (Å²) in [6, 6.07) is 0. The summed E-state index contributed by atoms with van der Waals surface area (Å²) in [5.41, 5.74) is -0.175. The molecule has 0 aromatic carbocycles. The predicted octanol–water partition coefficient (Wildman–Crippen LogP) is 4.09.